The number of likely N-dealkylation sites (tertiary alicyclic amines) is 1. The second-order valence-corrected chi connectivity index (χ2v) is 8.56. The maximum Gasteiger partial charge on any atom is 0.420 e. The molecular weight excluding hydrogens is 400 g/mol. The van der Waals surface area contributed by atoms with Gasteiger partial charge in [0, 0.05) is 38.1 Å². The van der Waals surface area contributed by atoms with E-state index in [2.05, 4.69) is 5.16 Å². The van der Waals surface area contributed by atoms with Gasteiger partial charge in [-0.1, -0.05) is 17.3 Å². The highest BCUT2D eigenvalue weighted by Crippen LogP contribution is 2.42. The van der Waals surface area contributed by atoms with Crippen LogP contribution in [-0.2, 0) is 21.5 Å². The molecule has 2 aliphatic rings. The molecule has 9 heteroatoms. The van der Waals surface area contributed by atoms with Crippen molar-refractivity contribution in [3.63, 3.8) is 0 Å². The number of piperidine rings is 1. The predicted molar refractivity (Wildman–Crippen MR) is 111 cm³/mol. The number of hydrogen-bond donors (Lipinski definition) is 0. The summed E-state index contributed by atoms with van der Waals surface area (Å²) in [6.07, 6.45) is 4.45. The molecule has 3 aromatic rings. The summed E-state index contributed by atoms with van der Waals surface area (Å²) in [6, 6.07) is 7.13. The lowest BCUT2D eigenvalue weighted by molar-refractivity contribution is -0.133. The highest BCUT2D eigenvalue weighted by atomic mass is 16.5. The summed E-state index contributed by atoms with van der Waals surface area (Å²) in [5.41, 5.74) is 0.857. The second kappa shape index (κ2) is 7.96. The maximum absolute atomic E-state index is 13.0. The molecule has 0 unspecified atom stereocenters. The zero-order valence-corrected chi connectivity index (χ0v) is 17.6. The number of oxazole rings is 1. The maximum atomic E-state index is 13.0. The fourth-order valence-electron chi connectivity index (χ4n) is 4.41. The van der Waals surface area contributed by atoms with E-state index in [1.165, 1.54) is 4.57 Å². The minimum Gasteiger partial charge on any atom is -0.408 e. The van der Waals surface area contributed by atoms with Crippen molar-refractivity contribution >= 4 is 17.0 Å². The standard InChI is InChI=1S/C22H26N4O5/c1-29-13-10-22(20-23-19(31-24-20)15-6-7-15)8-11-25(12-9-22)18(27)14-26-16-4-2-3-5-17(16)30-21(26)28/h2-5,15H,6-14H2,1H3. The van der Waals surface area contributed by atoms with Crippen LogP contribution in [0, 0.1) is 0 Å². The average Bonchev–Trinajstić information content (AvgIpc) is 3.43. The van der Waals surface area contributed by atoms with Gasteiger partial charge in [0.25, 0.3) is 0 Å². The van der Waals surface area contributed by atoms with Crippen LogP contribution in [0.5, 0.6) is 0 Å². The van der Waals surface area contributed by atoms with Crippen LogP contribution in [0.1, 0.15) is 49.7 Å². The number of ether oxygens (including phenoxy) is 1. The normalized spacial score (nSPS) is 18.5. The van der Waals surface area contributed by atoms with E-state index >= 15 is 0 Å². The Morgan fingerprint density at radius 1 is 1.26 bits per heavy atom. The molecule has 9 nitrogen and oxygen atoms in total. The minimum absolute atomic E-state index is 0.0328. The third-order valence-electron chi connectivity index (χ3n) is 6.57. The third kappa shape index (κ3) is 3.78. The van der Waals surface area contributed by atoms with Crippen molar-refractivity contribution in [3.8, 4) is 0 Å². The van der Waals surface area contributed by atoms with Crippen molar-refractivity contribution in [3.05, 3.63) is 46.5 Å². The average molecular weight is 426 g/mol. The Morgan fingerprint density at radius 2 is 2.03 bits per heavy atom. The molecule has 0 atom stereocenters. The van der Waals surface area contributed by atoms with Gasteiger partial charge in [-0.2, -0.15) is 4.98 Å². The highest BCUT2D eigenvalue weighted by molar-refractivity contribution is 5.79. The molecule has 2 aromatic heterocycles. The van der Waals surface area contributed by atoms with Crippen LogP contribution in [0.15, 0.2) is 38.0 Å². The number of methoxy groups -OCH3 is 1. The van der Waals surface area contributed by atoms with Gasteiger partial charge in [-0.3, -0.25) is 9.36 Å². The van der Waals surface area contributed by atoms with Gasteiger partial charge in [0.05, 0.1) is 5.52 Å². The van der Waals surface area contributed by atoms with Gasteiger partial charge in [0.1, 0.15) is 6.54 Å². The lowest BCUT2D eigenvalue weighted by Crippen LogP contribution is -2.47. The van der Waals surface area contributed by atoms with Crippen molar-refractivity contribution in [2.45, 2.75) is 50.0 Å². The molecule has 5 rings (SSSR count). The third-order valence-corrected chi connectivity index (χ3v) is 6.57. The van der Waals surface area contributed by atoms with E-state index in [0.717, 1.165) is 43.8 Å². The number of nitrogens with zero attached hydrogens (tertiary/aromatic N) is 4. The van der Waals surface area contributed by atoms with Gasteiger partial charge in [-0.25, -0.2) is 4.79 Å². The van der Waals surface area contributed by atoms with Crippen LogP contribution in [0.2, 0.25) is 0 Å². The molecule has 0 spiro atoms. The Balaban J connectivity index is 1.30. The first-order valence-corrected chi connectivity index (χ1v) is 10.8. The molecular formula is C22H26N4O5. The highest BCUT2D eigenvalue weighted by Gasteiger charge is 2.42. The number of rotatable bonds is 7. The van der Waals surface area contributed by atoms with Crippen molar-refractivity contribution in [2.24, 2.45) is 0 Å². The molecule has 1 saturated heterocycles. The Bertz CT molecular complexity index is 1130. The van der Waals surface area contributed by atoms with Crippen LogP contribution in [0.3, 0.4) is 0 Å². The minimum atomic E-state index is -0.514. The topological polar surface area (TPSA) is 104 Å². The fourth-order valence-corrected chi connectivity index (χ4v) is 4.41. The molecule has 1 aromatic carbocycles. The van der Waals surface area contributed by atoms with E-state index in [0.29, 0.717) is 36.7 Å². The van der Waals surface area contributed by atoms with Gasteiger partial charge in [-0.05, 0) is 44.2 Å². The number of amides is 1. The largest absolute Gasteiger partial charge is 0.420 e. The van der Waals surface area contributed by atoms with Crippen LogP contribution < -0.4 is 5.76 Å². The Morgan fingerprint density at radius 3 is 2.77 bits per heavy atom. The van der Waals surface area contributed by atoms with Crippen molar-refractivity contribution in [1.29, 1.82) is 0 Å². The molecule has 1 amide bonds. The Hall–Kier alpha value is -2.94. The van der Waals surface area contributed by atoms with E-state index in [1.807, 2.05) is 6.07 Å². The Labute approximate surface area is 179 Å². The SMILES string of the molecule is COCCC1(c2noc(C3CC3)n2)CCN(C(=O)Cn2c(=O)oc3ccccc32)CC1. The molecule has 164 valence electrons. The summed E-state index contributed by atoms with van der Waals surface area (Å²) >= 11 is 0. The molecule has 0 N–H and O–H groups in total. The van der Waals surface area contributed by atoms with E-state index in [4.69, 9.17) is 18.7 Å². The molecule has 0 bridgehead atoms. The molecule has 31 heavy (non-hydrogen) atoms. The summed E-state index contributed by atoms with van der Waals surface area (Å²) in [5.74, 6) is 1.26. The number of benzene rings is 1. The van der Waals surface area contributed by atoms with Crippen molar-refractivity contribution in [2.75, 3.05) is 26.8 Å². The van der Waals surface area contributed by atoms with Gasteiger partial charge >= 0.3 is 5.76 Å². The number of carbonyl (C=O) groups excluding carboxylic acids is 1. The van der Waals surface area contributed by atoms with Gasteiger partial charge in [0.15, 0.2) is 11.4 Å². The van der Waals surface area contributed by atoms with Gasteiger partial charge < -0.3 is 18.6 Å². The molecule has 1 aliphatic heterocycles. The molecule has 0 radical (unpaired) electrons. The predicted octanol–water partition coefficient (Wildman–Crippen LogP) is 2.45. The van der Waals surface area contributed by atoms with Gasteiger partial charge in [-0.15, -0.1) is 0 Å². The number of carbonyl (C=O) groups is 1. The number of fused-ring (bicyclic) bond motifs is 1. The first kappa shape index (κ1) is 20.0. The van der Waals surface area contributed by atoms with Crippen LogP contribution in [-0.4, -0.2) is 52.3 Å². The Kier molecular flexibility index (Phi) is 5.13. The van der Waals surface area contributed by atoms with E-state index in [1.54, 1.807) is 30.2 Å². The van der Waals surface area contributed by atoms with Crippen molar-refractivity contribution < 1.29 is 18.5 Å². The van der Waals surface area contributed by atoms with Gasteiger partial charge in [0.2, 0.25) is 11.8 Å². The summed E-state index contributed by atoms with van der Waals surface area (Å²) < 4.78 is 17.5. The number of hydrogen-bond acceptors (Lipinski definition) is 7. The van der Waals surface area contributed by atoms with E-state index < -0.39 is 5.76 Å². The quantitative estimate of drug-likeness (QED) is 0.572. The lowest BCUT2D eigenvalue weighted by atomic mass is 9.75. The summed E-state index contributed by atoms with van der Waals surface area (Å²) in [6.45, 7) is 1.70. The zero-order valence-electron chi connectivity index (χ0n) is 17.6. The van der Waals surface area contributed by atoms with Crippen molar-refractivity contribution in [1.82, 2.24) is 19.6 Å². The second-order valence-electron chi connectivity index (χ2n) is 8.56. The first-order valence-electron chi connectivity index (χ1n) is 10.8. The lowest BCUT2D eigenvalue weighted by Gasteiger charge is -2.39. The molecule has 2 fully saturated rings. The van der Waals surface area contributed by atoms with E-state index in [9.17, 15) is 9.59 Å². The summed E-state index contributed by atoms with van der Waals surface area (Å²) in [7, 11) is 1.69. The molecule has 1 saturated carbocycles. The smallest absolute Gasteiger partial charge is 0.408 e. The fraction of sp³-hybridized carbons (Fsp3) is 0.545. The van der Waals surface area contributed by atoms with Crippen LogP contribution in [0.4, 0.5) is 0 Å². The van der Waals surface area contributed by atoms with E-state index in [-0.39, 0.29) is 17.9 Å². The number of aromatic nitrogens is 3. The zero-order chi connectivity index (χ0) is 21.4. The summed E-state index contributed by atoms with van der Waals surface area (Å²) in [5, 5.41) is 4.30. The van der Waals surface area contributed by atoms with Crippen LogP contribution in [0.25, 0.3) is 11.1 Å². The number of para-hydroxylation sites is 2. The monoisotopic (exact) mass is 426 g/mol. The first-order chi connectivity index (χ1) is 15.1. The summed E-state index contributed by atoms with van der Waals surface area (Å²) in [4.78, 5) is 31.7. The van der Waals surface area contributed by atoms with Crippen LogP contribution >= 0.6 is 0 Å². The molecule has 3 heterocycles. The molecule has 1 aliphatic carbocycles.